The van der Waals surface area contributed by atoms with Crippen LogP contribution >= 0.6 is 0 Å². The number of sulfone groups is 1. The van der Waals surface area contributed by atoms with Crippen molar-refractivity contribution in [2.24, 2.45) is 5.73 Å². The van der Waals surface area contributed by atoms with Crippen molar-refractivity contribution in [1.82, 2.24) is 0 Å². The lowest BCUT2D eigenvalue weighted by Gasteiger charge is -2.00. The van der Waals surface area contributed by atoms with Crippen molar-refractivity contribution in [3.05, 3.63) is 0 Å². The fraction of sp³-hybridized carbons (Fsp3) is 1.00. The number of nitrogens with two attached hydrogens (primary N) is 1. The molecule has 0 heterocycles. The normalized spacial score (nSPS) is 14.3. The first-order chi connectivity index (χ1) is 6.02. The Balaban J connectivity index is 3.62. The summed E-state index contributed by atoms with van der Waals surface area (Å²) in [6.07, 6.45) is 0.475. The highest BCUT2D eigenvalue weighted by molar-refractivity contribution is 7.91. The van der Waals surface area contributed by atoms with E-state index in [1.807, 2.05) is 0 Å². The Morgan fingerprint density at radius 1 is 1.31 bits per heavy atom. The molecule has 0 aliphatic carbocycles. The van der Waals surface area contributed by atoms with Gasteiger partial charge >= 0.3 is 0 Å². The molecule has 13 heavy (non-hydrogen) atoms. The zero-order valence-electron chi connectivity index (χ0n) is 7.86. The monoisotopic (exact) mass is 227 g/mol. The van der Waals surface area contributed by atoms with Gasteiger partial charge in [-0.1, -0.05) is 6.92 Å². The van der Waals surface area contributed by atoms with Gasteiger partial charge in [0.1, 0.15) is 9.84 Å². The van der Waals surface area contributed by atoms with Crippen LogP contribution < -0.4 is 5.73 Å². The minimum Gasteiger partial charge on any atom is -0.330 e. The van der Waals surface area contributed by atoms with Crippen LogP contribution in [0.25, 0.3) is 0 Å². The lowest BCUT2D eigenvalue weighted by Crippen LogP contribution is -2.16. The lowest BCUT2D eigenvalue weighted by atomic mass is 10.6. The first-order valence-corrected chi connectivity index (χ1v) is 7.58. The van der Waals surface area contributed by atoms with Crippen LogP contribution in [0.2, 0.25) is 0 Å². The van der Waals surface area contributed by atoms with Gasteiger partial charge in [-0.05, 0) is 6.42 Å². The van der Waals surface area contributed by atoms with Crippen LogP contribution in [-0.4, -0.2) is 42.2 Å². The Labute approximate surface area is 82.3 Å². The van der Waals surface area contributed by atoms with Gasteiger partial charge in [0.05, 0.1) is 5.75 Å². The average Bonchev–Trinajstić information content (AvgIpc) is 2.05. The summed E-state index contributed by atoms with van der Waals surface area (Å²) in [5, 5.41) is 0. The second kappa shape index (κ2) is 6.50. The smallest absolute Gasteiger partial charge is 0.150 e. The molecule has 80 valence electrons. The highest BCUT2D eigenvalue weighted by Gasteiger charge is 2.07. The van der Waals surface area contributed by atoms with Crippen molar-refractivity contribution < 1.29 is 12.6 Å². The molecule has 1 unspecified atom stereocenters. The minimum atomic E-state index is -2.90. The third kappa shape index (κ3) is 7.16. The van der Waals surface area contributed by atoms with Crippen LogP contribution in [0.15, 0.2) is 0 Å². The zero-order chi connectivity index (χ0) is 10.3. The second-order valence-corrected chi connectivity index (χ2v) is 6.90. The Hall–Kier alpha value is 0.0600. The molecule has 6 heteroatoms. The first kappa shape index (κ1) is 13.1. The van der Waals surface area contributed by atoms with Gasteiger partial charge in [-0.15, -0.1) is 0 Å². The fourth-order valence-electron chi connectivity index (χ4n) is 0.818. The Morgan fingerprint density at radius 3 is 2.38 bits per heavy atom. The molecule has 0 radical (unpaired) electrons. The van der Waals surface area contributed by atoms with E-state index in [2.05, 4.69) is 0 Å². The van der Waals surface area contributed by atoms with Gasteiger partial charge in [-0.3, -0.25) is 4.21 Å². The van der Waals surface area contributed by atoms with Crippen molar-refractivity contribution in [3.63, 3.8) is 0 Å². The molecule has 0 aliphatic rings. The third-order valence-electron chi connectivity index (χ3n) is 1.61. The summed E-state index contributed by atoms with van der Waals surface area (Å²) >= 11 is 0. The predicted octanol–water partition coefficient (Wildman–Crippen LogP) is -0.481. The molecule has 0 aromatic heterocycles. The molecule has 0 aromatic carbocycles. The molecule has 2 N–H and O–H groups in total. The van der Waals surface area contributed by atoms with Crippen LogP contribution in [0.1, 0.15) is 13.3 Å². The van der Waals surface area contributed by atoms with Gasteiger partial charge in [0.2, 0.25) is 0 Å². The molecule has 0 saturated carbocycles. The SMILES string of the molecule is CCS(=O)(=O)CCCS(=O)CCN. The maximum atomic E-state index is 11.1. The summed E-state index contributed by atoms with van der Waals surface area (Å²) < 4.78 is 33.1. The molecule has 1 atom stereocenters. The Bertz CT molecular complexity index is 248. The van der Waals surface area contributed by atoms with Crippen molar-refractivity contribution in [2.45, 2.75) is 13.3 Å². The van der Waals surface area contributed by atoms with Crippen molar-refractivity contribution in [3.8, 4) is 0 Å². The van der Waals surface area contributed by atoms with Crippen LogP contribution in [0.4, 0.5) is 0 Å². The fourth-order valence-corrected chi connectivity index (χ4v) is 2.81. The summed E-state index contributed by atoms with van der Waals surface area (Å²) in [5.74, 6) is 1.21. The van der Waals surface area contributed by atoms with Gasteiger partial charge in [0.15, 0.2) is 0 Å². The molecule has 0 rings (SSSR count). The van der Waals surface area contributed by atoms with Gasteiger partial charge in [0, 0.05) is 34.6 Å². The Morgan fingerprint density at radius 2 is 1.92 bits per heavy atom. The summed E-state index contributed by atoms with van der Waals surface area (Å²) in [6.45, 7) is 2.01. The first-order valence-electron chi connectivity index (χ1n) is 4.27. The highest BCUT2D eigenvalue weighted by atomic mass is 32.2. The maximum Gasteiger partial charge on any atom is 0.150 e. The van der Waals surface area contributed by atoms with Crippen molar-refractivity contribution in [1.29, 1.82) is 0 Å². The van der Waals surface area contributed by atoms with Crippen LogP contribution in [0, 0.1) is 0 Å². The van der Waals surface area contributed by atoms with Crippen LogP contribution in [0.3, 0.4) is 0 Å². The van der Waals surface area contributed by atoms with Gasteiger partial charge < -0.3 is 5.73 Å². The van der Waals surface area contributed by atoms with E-state index in [-0.39, 0.29) is 11.5 Å². The number of hydrogen-bond acceptors (Lipinski definition) is 4. The molecule has 0 spiro atoms. The quantitative estimate of drug-likeness (QED) is 0.637. The van der Waals surface area contributed by atoms with Gasteiger partial charge in [0.25, 0.3) is 0 Å². The number of rotatable bonds is 7. The molecule has 4 nitrogen and oxygen atoms in total. The zero-order valence-corrected chi connectivity index (χ0v) is 9.49. The number of hydrogen-bond donors (Lipinski definition) is 1. The van der Waals surface area contributed by atoms with E-state index in [0.29, 0.717) is 24.5 Å². The standard InChI is InChI=1S/C7H17NO3S2/c1-2-13(10,11)7-3-5-12(9)6-4-8/h2-8H2,1H3. The van der Waals surface area contributed by atoms with E-state index in [4.69, 9.17) is 5.73 Å². The molecule has 0 aromatic rings. The predicted molar refractivity (Wildman–Crippen MR) is 55.9 cm³/mol. The van der Waals surface area contributed by atoms with E-state index in [1.54, 1.807) is 6.92 Å². The van der Waals surface area contributed by atoms with Crippen LogP contribution in [-0.2, 0) is 20.6 Å². The summed E-state index contributed by atoms with van der Waals surface area (Å²) in [6, 6.07) is 0. The van der Waals surface area contributed by atoms with E-state index in [0.717, 1.165) is 0 Å². The summed E-state index contributed by atoms with van der Waals surface area (Å²) in [7, 11) is -3.84. The molecule has 0 amide bonds. The van der Waals surface area contributed by atoms with E-state index in [1.165, 1.54) is 0 Å². The van der Waals surface area contributed by atoms with Crippen molar-refractivity contribution in [2.75, 3.05) is 29.6 Å². The van der Waals surface area contributed by atoms with Crippen LogP contribution in [0.5, 0.6) is 0 Å². The molecule has 0 saturated heterocycles. The van der Waals surface area contributed by atoms with E-state index < -0.39 is 20.6 Å². The molecular formula is C7H17NO3S2. The summed E-state index contributed by atoms with van der Waals surface area (Å²) in [4.78, 5) is 0. The minimum absolute atomic E-state index is 0.139. The van der Waals surface area contributed by atoms with Gasteiger partial charge in [-0.25, -0.2) is 8.42 Å². The second-order valence-electron chi connectivity index (χ2n) is 2.73. The molecule has 0 fully saturated rings. The maximum absolute atomic E-state index is 11.1. The van der Waals surface area contributed by atoms with E-state index in [9.17, 15) is 12.6 Å². The highest BCUT2D eigenvalue weighted by Crippen LogP contribution is 1.95. The average molecular weight is 227 g/mol. The summed E-state index contributed by atoms with van der Waals surface area (Å²) in [5.41, 5.74) is 5.20. The molecule has 0 bridgehead atoms. The lowest BCUT2D eigenvalue weighted by molar-refractivity contribution is 0.596. The van der Waals surface area contributed by atoms with Crippen molar-refractivity contribution >= 4 is 20.6 Å². The third-order valence-corrected chi connectivity index (χ3v) is 4.84. The molecular weight excluding hydrogens is 210 g/mol. The topological polar surface area (TPSA) is 77.2 Å². The Kier molecular flexibility index (Phi) is 6.53. The van der Waals surface area contributed by atoms with Gasteiger partial charge in [-0.2, -0.15) is 0 Å². The van der Waals surface area contributed by atoms with E-state index >= 15 is 0 Å². The largest absolute Gasteiger partial charge is 0.330 e. The molecule has 0 aliphatic heterocycles.